The van der Waals surface area contributed by atoms with Gasteiger partial charge in [0, 0.05) is 19.0 Å². The van der Waals surface area contributed by atoms with E-state index in [1.807, 2.05) is 76.2 Å². The third-order valence-electron chi connectivity index (χ3n) is 8.25. The standard InChI is InChI=1S/C38H45N3O6S/c1-7-29(4)39-38(43)35(24-30-12-9-8-10-13-30)40(25-31-14-11-15-32(23-31)46-5)37(42)26-41(34-22-28(3)18-21-36(34)47-6)48(44,45)33-19-16-27(2)17-20-33/h8-23,29,35H,7,24-26H2,1-6H3,(H,39,43)/t29-,35-/m1/s1. The number of anilines is 1. The van der Waals surface area contributed by atoms with Crippen molar-refractivity contribution in [2.75, 3.05) is 25.1 Å². The molecule has 2 atom stereocenters. The van der Waals surface area contributed by atoms with Gasteiger partial charge < -0.3 is 19.7 Å². The molecule has 0 bridgehead atoms. The number of carbonyl (C=O) groups excluding carboxylic acids is 2. The molecule has 10 heteroatoms. The zero-order valence-corrected chi connectivity index (χ0v) is 29.3. The Morgan fingerprint density at radius 2 is 1.48 bits per heavy atom. The fourth-order valence-electron chi connectivity index (χ4n) is 5.31. The van der Waals surface area contributed by atoms with Crippen molar-refractivity contribution in [1.82, 2.24) is 10.2 Å². The molecule has 2 amide bonds. The van der Waals surface area contributed by atoms with Crippen molar-refractivity contribution >= 4 is 27.5 Å². The first-order valence-electron chi connectivity index (χ1n) is 16.0. The first-order chi connectivity index (χ1) is 23.0. The minimum Gasteiger partial charge on any atom is -0.497 e. The number of nitrogens with zero attached hydrogens (tertiary/aromatic N) is 2. The molecule has 9 nitrogen and oxygen atoms in total. The number of hydrogen-bond acceptors (Lipinski definition) is 6. The summed E-state index contributed by atoms with van der Waals surface area (Å²) in [5.74, 6) is -0.00163. The first kappa shape index (κ1) is 36.0. The van der Waals surface area contributed by atoms with E-state index in [-0.39, 0.29) is 35.5 Å². The molecular formula is C38H45N3O6S. The number of aryl methyl sites for hydroxylation is 2. The van der Waals surface area contributed by atoms with E-state index in [1.54, 1.807) is 43.5 Å². The van der Waals surface area contributed by atoms with Crippen LogP contribution in [0.5, 0.6) is 11.5 Å². The molecular weight excluding hydrogens is 627 g/mol. The average Bonchev–Trinajstić information content (AvgIpc) is 3.09. The van der Waals surface area contributed by atoms with Crippen LogP contribution in [-0.2, 0) is 32.6 Å². The van der Waals surface area contributed by atoms with Crippen molar-refractivity contribution in [3.63, 3.8) is 0 Å². The molecule has 0 aliphatic rings. The summed E-state index contributed by atoms with van der Waals surface area (Å²) in [5, 5.41) is 3.06. The van der Waals surface area contributed by atoms with Gasteiger partial charge in [0.25, 0.3) is 10.0 Å². The van der Waals surface area contributed by atoms with Gasteiger partial charge in [-0.25, -0.2) is 8.42 Å². The molecule has 0 spiro atoms. The Morgan fingerprint density at radius 3 is 2.12 bits per heavy atom. The van der Waals surface area contributed by atoms with Gasteiger partial charge in [0.1, 0.15) is 24.1 Å². The molecule has 0 aliphatic heterocycles. The SMILES string of the molecule is CC[C@@H](C)NC(=O)[C@@H](Cc1ccccc1)N(Cc1cccc(OC)c1)C(=O)CN(c1cc(C)ccc1OC)S(=O)(=O)c1ccc(C)cc1. The van der Waals surface area contributed by atoms with Gasteiger partial charge in [-0.1, -0.05) is 73.2 Å². The number of amides is 2. The number of hydrogen-bond donors (Lipinski definition) is 1. The molecule has 48 heavy (non-hydrogen) atoms. The number of sulfonamides is 1. The van der Waals surface area contributed by atoms with Crippen molar-refractivity contribution < 1.29 is 27.5 Å². The largest absolute Gasteiger partial charge is 0.497 e. The Labute approximate surface area is 284 Å². The van der Waals surface area contributed by atoms with E-state index < -0.39 is 28.5 Å². The lowest BCUT2D eigenvalue weighted by molar-refractivity contribution is -0.140. The van der Waals surface area contributed by atoms with Gasteiger partial charge >= 0.3 is 0 Å². The minimum atomic E-state index is -4.27. The number of rotatable bonds is 15. The van der Waals surface area contributed by atoms with E-state index in [4.69, 9.17) is 9.47 Å². The van der Waals surface area contributed by atoms with Crippen LogP contribution in [-0.4, -0.2) is 58.0 Å². The van der Waals surface area contributed by atoms with Crippen LogP contribution in [0.15, 0.2) is 102 Å². The number of carbonyl (C=O) groups is 2. The fourth-order valence-corrected chi connectivity index (χ4v) is 6.72. The van der Waals surface area contributed by atoms with E-state index in [9.17, 15) is 18.0 Å². The van der Waals surface area contributed by atoms with E-state index in [2.05, 4.69) is 5.32 Å². The van der Waals surface area contributed by atoms with Crippen LogP contribution >= 0.6 is 0 Å². The van der Waals surface area contributed by atoms with E-state index >= 15 is 0 Å². The van der Waals surface area contributed by atoms with Crippen LogP contribution in [0.25, 0.3) is 0 Å². The van der Waals surface area contributed by atoms with Crippen LogP contribution < -0.4 is 19.1 Å². The number of benzene rings is 4. The summed E-state index contributed by atoms with van der Waals surface area (Å²) in [5.41, 5.74) is 3.47. The summed E-state index contributed by atoms with van der Waals surface area (Å²) >= 11 is 0. The summed E-state index contributed by atoms with van der Waals surface area (Å²) in [7, 11) is -1.26. The van der Waals surface area contributed by atoms with Crippen molar-refractivity contribution in [1.29, 1.82) is 0 Å². The molecule has 0 aliphatic carbocycles. The van der Waals surface area contributed by atoms with Gasteiger partial charge in [0.05, 0.1) is 24.8 Å². The molecule has 0 radical (unpaired) electrons. The second kappa shape index (κ2) is 16.3. The van der Waals surface area contributed by atoms with Crippen LogP contribution in [0, 0.1) is 13.8 Å². The monoisotopic (exact) mass is 671 g/mol. The smallest absolute Gasteiger partial charge is 0.264 e. The van der Waals surface area contributed by atoms with Crippen LogP contribution in [0.4, 0.5) is 5.69 Å². The highest BCUT2D eigenvalue weighted by atomic mass is 32.2. The maximum atomic E-state index is 14.8. The van der Waals surface area contributed by atoms with E-state index in [0.717, 1.165) is 26.6 Å². The van der Waals surface area contributed by atoms with Gasteiger partial charge in [0.15, 0.2) is 0 Å². The van der Waals surface area contributed by atoms with Gasteiger partial charge in [0.2, 0.25) is 11.8 Å². The molecule has 0 saturated carbocycles. The Kier molecular flexibility index (Phi) is 12.2. The number of ether oxygens (including phenoxy) is 2. The average molecular weight is 672 g/mol. The van der Waals surface area contributed by atoms with Crippen LogP contribution in [0.2, 0.25) is 0 Å². The Morgan fingerprint density at radius 1 is 0.812 bits per heavy atom. The lowest BCUT2D eigenvalue weighted by atomic mass is 10.0. The summed E-state index contributed by atoms with van der Waals surface area (Å²) < 4.78 is 40.9. The predicted octanol–water partition coefficient (Wildman–Crippen LogP) is 6.07. The Balaban J connectivity index is 1.87. The highest BCUT2D eigenvalue weighted by molar-refractivity contribution is 7.92. The molecule has 254 valence electrons. The fraction of sp³-hybridized carbons (Fsp3) is 0.316. The van der Waals surface area contributed by atoms with Crippen LogP contribution in [0.1, 0.15) is 42.5 Å². The minimum absolute atomic E-state index is 0.0270. The Hall–Kier alpha value is -4.83. The summed E-state index contributed by atoms with van der Waals surface area (Å²) in [6, 6.07) is 27.3. The number of methoxy groups -OCH3 is 2. The van der Waals surface area contributed by atoms with E-state index in [0.29, 0.717) is 17.9 Å². The zero-order chi connectivity index (χ0) is 34.8. The van der Waals surface area contributed by atoms with Gasteiger partial charge in [-0.2, -0.15) is 0 Å². The van der Waals surface area contributed by atoms with Gasteiger partial charge in [-0.05, 0) is 80.3 Å². The van der Waals surface area contributed by atoms with Gasteiger partial charge in [-0.3, -0.25) is 13.9 Å². The predicted molar refractivity (Wildman–Crippen MR) is 189 cm³/mol. The molecule has 1 N–H and O–H groups in total. The van der Waals surface area contributed by atoms with Crippen molar-refractivity contribution in [2.24, 2.45) is 0 Å². The lowest BCUT2D eigenvalue weighted by Crippen LogP contribution is -2.54. The number of nitrogens with one attached hydrogen (secondary N) is 1. The second-order valence-corrected chi connectivity index (χ2v) is 13.8. The normalized spacial score (nSPS) is 12.5. The third kappa shape index (κ3) is 8.95. The summed E-state index contributed by atoms with van der Waals surface area (Å²) in [6.07, 6.45) is 0.917. The van der Waals surface area contributed by atoms with Gasteiger partial charge in [-0.15, -0.1) is 0 Å². The molecule has 0 aromatic heterocycles. The molecule has 0 heterocycles. The van der Waals surface area contributed by atoms with E-state index in [1.165, 1.54) is 24.1 Å². The van der Waals surface area contributed by atoms with Crippen molar-refractivity contribution in [3.8, 4) is 11.5 Å². The summed E-state index contributed by atoms with van der Waals surface area (Å²) in [4.78, 5) is 30.3. The third-order valence-corrected chi connectivity index (χ3v) is 10.0. The summed E-state index contributed by atoms with van der Waals surface area (Å²) in [6.45, 7) is 7.04. The molecule has 4 aromatic rings. The quantitative estimate of drug-likeness (QED) is 0.165. The first-order valence-corrected chi connectivity index (χ1v) is 17.4. The maximum Gasteiger partial charge on any atom is 0.264 e. The van der Waals surface area contributed by atoms with Crippen molar-refractivity contribution in [3.05, 3.63) is 119 Å². The molecule has 0 unspecified atom stereocenters. The molecule has 0 saturated heterocycles. The van der Waals surface area contributed by atoms with Crippen LogP contribution in [0.3, 0.4) is 0 Å². The second-order valence-electron chi connectivity index (χ2n) is 11.9. The van der Waals surface area contributed by atoms with Crippen molar-refractivity contribution in [2.45, 2.75) is 64.1 Å². The maximum absolute atomic E-state index is 14.8. The topological polar surface area (TPSA) is 105 Å². The molecule has 0 fully saturated rings. The highest BCUT2D eigenvalue weighted by Gasteiger charge is 2.36. The Bertz CT molecular complexity index is 1800. The lowest BCUT2D eigenvalue weighted by Gasteiger charge is -2.34. The molecule has 4 aromatic carbocycles. The highest BCUT2D eigenvalue weighted by Crippen LogP contribution is 2.34. The zero-order valence-electron chi connectivity index (χ0n) is 28.5. The molecule has 4 rings (SSSR count).